The fourth-order valence-corrected chi connectivity index (χ4v) is 4.10. The van der Waals surface area contributed by atoms with Gasteiger partial charge in [-0.2, -0.15) is 0 Å². The lowest BCUT2D eigenvalue weighted by Gasteiger charge is -2.42. The normalized spacial score (nSPS) is 17.8. The smallest absolute Gasteiger partial charge is 0.269 e. The summed E-state index contributed by atoms with van der Waals surface area (Å²) in [4.78, 5) is 16.0. The molecule has 0 aliphatic heterocycles. The first-order valence-electron chi connectivity index (χ1n) is 10.1. The van der Waals surface area contributed by atoms with E-state index in [2.05, 4.69) is 70.1 Å². The van der Waals surface area contributed by atoms with Gasteiger partial charge in [0.05, 0.1) is 0 Å². The molecular formula is C25H32N2O. The van der Waals surface area contributed by atoms with Crippen LogP contribution in [0.25, 0.3) is 11.6 Å². The first-order chi connectivity index (χ1) is 13.0. The van der Waals surface area contributed by atoms with Gasteiger partial charge in [-0.05, 0) is 77.0 Å². The standard InChI is InChI=1S/C25H32N2O/c1-16(18-8-9-22(27-15-18)23(28)26-7)12-19-14-21-20(13-17(19)2)24(3,4)10-11-25(21,5)6/h8-9,12-15H,10-11H2,1-7H3,(H,26,28)/b16-12-. The van der Waals surface area contributed by atoms with E-state index in [0.29, 0.717) is 5.69 Å². The molecule has 0 saturated heterocycles. The van der Waals surface area contributed by atoms with E-state index in [0.717, 1.165) is 11.1 Å². The Hall–Kier alpha value is -2.42. The number of hydrogen-bond donors (Lipinski definition) is 1. The Kier molecular flexibility index (Phi) is 5.22. The summed E-state index contributed by atoms with van der Waals surface area (Å²) in [6.07, 6.45) is 6.45. The van der Waals surface area contributed by atoms with E-state index >= 15 is 0 Å². The number of amides is 1. The zero-order chi connectivity index (χ0) is 20.7. The van der Waals surface area contributed by atoms with Gasteiger partial charge in [-0.3, -0.25) is 9.78 Å². The van der Waals surface area contributed by atoms with Crippen molar-refractivity contribution < 1.29 is 4.79 Å². The van der Waals surface area contributed by atoms with Crippen molar-refractivity contribution in [3.05, 3.63) is 64.0 Å². The molecule has 2 aromatic rings. The highest BCUT2D eigenvalue weighted by molar-refractivity contribution is 5.92. The predicted octanol–water partition coefficient (Wildman–Crippen LogP) is 5.66. The molecule has 1 N–H and O–H groups in total. The zero-order valence-corrected chi connectivity index (χ0v) is 18.2. The third-order valence-corrected chi connectivity index (χ3v) is 6.29. The maximum absolute atomic E-state index is 11.7. The van der Waals surface area contributed by atoms with Gasteiger partial charge in [0.2, 0.25) is 0 Å². The highest BCUT2D eigenvalue weighted by Gasteiger charge is 2.37. The average molecular weight is 377 g/mol. The van der Waals surface area contributed by atoms with Crippen molar-refractivity contribution in [3.8, 4) is 0 Å². The topological polar surface area (TPSA) is 42.0 Å². The molecule has 1 aliphatic rings. The molecule has 0 atom stereocenters. The minimum Gasteiger partial charge on any atom is -0.354 e. The molecule has 1 aromatic carbocycles. The maximum Gasteiger partial charge on any atom is 0.269 e. The molecule has 0 bridgehead atoms. The molecule has 0 fully saturated rings. The van der Waals surface area contributed by atoms with Crippen LogP contribution in [0.1, 0.15) is 85.8 Å². The number of carbonyl (C=O) groups is 1. The van der Waals surface area contributed by atoms with Crippen molar-refractivity contribution in [3.63, 3.8) is 0 Å². The fraction of sp³-hybridized carbons (Fsp3) is 0.440. The van der Waals surface area contributed by atoms with Crippen molar-refractivity contribution in [1.29, 1.82) is 0 Å². The summed E-state index contributed by atoms with van der Waals surface area (Å²) in [5.74, 6) is -0.163. The Morgan fingerprint density at radius 1 is 1.07 bits per heavy atom. The molecule has 0 saturated carbocycles. The van der Waals surface area contributed by atoms with Crippen LogP contribution in [0.5, 0.6) is 0 Å². The summed E-state index contributed by atoms with van der Waals surface area (Å²) < 4.78 is 0. The first-order valence-corrected chi connectivity index (χ1v) is 10.1. The van der Waals surface area contributed by atoms with Crippen LogP contribution in [0.15, 0.2) is 30.5 Å². The van der Waals surface area contributed by atoms with Crippen molar-refractivity contribution in [2.24, 2.45) is 0 Å². The number of aryl methyl sites for hydroxylation is 1. The quantitative estimate of drug-likeness (QED) is 0.751. The molecular weight excluding hydrogens is 344 g/mol. The SMILES string of the molecule is CNC(=O)c1ccc(/C(C)=C\c2cc3c(cc2C)C(C)(C)CCC3(C)C)cn1. The van der Waals surface area contributed by atoms with Gasteiger partial charge in [0.15, 0.2) is 0 Å². The van der Waals surface area contributed by atoms with Gasteiger partial charge in [-0.1, -0.05) is 52.0 Å². The van der Waals surface area contributed by atoms with Crippen LogP contribution >= 0.6 is 0 Å². The van der Waals surface area contributed by atoms with Gasteiger partial charge in [0.1, 0.15) is 5.69 Å². The number of aromatic nitrogens is 1. The van der Waals surface area contributed by atoms with Crippen LogP contribution in [-0.2, 0) is 10.8 Å². The molecule has 3 nitrogen and oxygen atoms in total. The number of benzene rings is 1. The number of allylic oxidation sites excluding steroid dienone is 1. The summed E-state index contributed by atoms with van der Waals surface area (Å²) in [7, 11) is 1.62. The van der Waals surface area contributed by atoms with E-state index < -0.39 is 0 Å². The van der Waals surface area contributed by atoms with E-state index in [4.69, 9.17) is 0 Å². The zero-order valence-electron chi connectivity index (χ0n) is 18.2. The summed E-state index contributed by atoms with van der Waals surface area (Å²) in [5, 5.41) is 2.60. The minimum absolute atomic E-state index is 0.163. The van der Waals surface area contributed by atoms with Crippen LogP contribution in [0, 0.1) is 6.92 Å². The number of nitrogens with zero attached hydrogens (tertiary/aromatic N) is 1. The van der Waals surface area contributed by atoms with Crippen LogP contribution in [-0.4, -0.2) is 17.9 Å². The Morgan fingerprint density at radius 3 is 2.21 bits per heavy atom. The van der Waals surface area contributed by atoms with E-state index in [-0.39, 0.29) is 16.7 Å². The van der Waals surface area contributed by atoms with Gasteiger partial charge in [0.25, 0.3) is 5.91 Å². The number of fused-ring (bicyclic) bond motifs is 1. The van der Waals surface area contributed by atoms with Gasteiger partial charge >= 0.3 is 0 Å². The van der Waals surface area contributed by atoms with Gasteiger partial charge in [-0.25, -0.2) is 0 Å². The van der Waals surface area contributed by atoms with Crippen LogP contribution < -0.4 is 5.32 Å². The van der Waals surface area contributed by atoms with Gasteiger partial charge in [0, 0.05) is 13.2 Å². The Morgan fingerprint density at radius 2 is 1.68 bits per heavy atom. The second-order valence-electron chi connectivity index (χ2n) is 9.36. The summed E-state index contributed by atoms with van der Waals surface area (Å²) in [5.41, 5.74) is 8.58. The Labute approximate surface area is 169 Å². The molecule has 3 rings (SSSR count). The number of nitrogens with one attached hydrogen (secondary N) is 1. The largest absolute Gasteiger partial charge is 0.354 e. The second kappa shape index (κ2) is 7.20. The first kappa shape index (κ1) is 20.3. The van der Waals surface area contributed by atoms with Crippen LogP contribution in [0.2, 0.25) is 0 Å². The van der Waals surface area contributed by atoms with Gasteiger partial charge < -0.3 is 5.32 Å². The van der Waals surface area contributed by atoms with E-state index in [9.17, 15) is 4.79 Å². The lowest BCUT2D eigenvalue weighted by Crippen LogP contribution is -2.34. The molecule has 148 valence electrons. The third-order valence-electron chi connectivity index (χ3n) is 6.29. The highest BCUT2D eigenvalue weighted by Crippen LogP contribution is 2.46. The maximum atomic E-state index is 11.7. The Balaban J connectivity index is 2.01. The molecule has 1 heterocycles. The molecule has 1 amide bonds. The lowest BCUT2D eigenvalue weighted by atomic mass is 9.62. The molecule has 3 heteroatoms. The highest BCUT2D eigenvalue weighted by atomic mass is 16.1. The molecule has 1 aromatic heterocycles. The fourth-order valence-electron chi connectivity index (χ4n) is 4.10. The van der Waals surface area contributed by atoms with E-state index in [1.807, 2.05) is 6.07 Å². The van der Waals surface area contributed by atoms with Crippen molar-refractivity contribution >= 4 is 17.6 Å². The molecule has 0 radical (unpaired) electrons. The predicted molar refractivity (Wildman–Crippen MR) is 118 cm³/mol. The monoisotopic (exact) mass is 376 g/mol. The third kappa shape index (κ3) is 3.76. The van der Waals surface area contributed by atoms with Crippen LogP contribution in [0.3, 0.4) is 0 Å². The number of hydrogen-bond acceptors (Lipinski definition) is 2. The van der Waals surface area contributed by atoms with Crippen molar-refractivity contribution in [2.45, 2.75) is 65.2 Å². The van der Waals surface area contributed by atoms with Crippen LogP contribution in [0.4, 0.5) is 0 Å². The summed E-state index contributed by atoms with van der Waals surface area (Å²) in [6, 6.07) is 8.52. The van der Waals surface area contributed by atoms with Gasteiger partial charge in [-0.15, -0.1) is 0 Å². The van der Waals surface area contributed by atoms with Crippen molar-refractivity contribution in [2.75, 3.05) is 7.05 Å². The molecule has 0 spiro atoms. The second-order valence-corrected chi connectivity index (χ2v) is 9.36. The van der Waals surface area contributed by atoms with Crippen molar-refractivity contribution in [1.82, 2.24) is 10.3 Å². The molecule has 28 heavy (non-hydrogen) atoms. The number of rotatable bonds is 3. The summed E-state index contributed by atoms with van der Waals surface area (Å²) in [6.45, 7) is 13.7. The minimum atomic E-state index is -0.163. The number of pyridine rings is 1. The van der Waals surface area contributed by atoms with E-state index in [1.54, 1.807) is 19.3 Å². The number of carbonyl (C=O) groups excluding carboxylic acids is 1. The average Bonchev–Trinajstić information content (AvgIpc) is 2.66. The van der Waals surface area contributed by atoms with E-state index in [1.165, 1.54) is 35.1 Å². The lowest BCUT2D eigenvalue weighted by molar-refractivity contribution is 0.0958. The molecule has 0 unspecified atom stereocenters. The molecule has 1 aliphatic carbocycles. The Bertz CT molecular complexity index is 934. The summed E-state index contributed by atoms with van der Waals surface area (Å²) >= 11 is 0.